The van der Waals surface area contributed by atoms with E-state index in [-0.39, 0.29) is 5.41 Å². The van der Waals surface area contributed by atoms with Crippen LogP contribution in [0.5, 0.6) is 0 Å². The van der Waals surface area contributed by atoms with Crippen LogP contribution in [-0.4, -0.2) is 0 Å². The Morgan fingerprint density at radius 3 is 1.90 bits per heavy atom. The SMILES string of the molecule is CC1(C)c2ccccc2-c2c(N(c3ccccc3-c3cccc4ccccc34)c3cccc4c3ccc3c5ccccc5sc43)cccc21. The Hall–Kier alpha value is -5.70. The summed E-state index contributed by atoms with van der Waals surface area (Å²) >= 11 is 1.90. The molecule has 8 aromatic carbocycles. The molecule has 49 heavy (non-hydrogen) atoms. The molecule has 0 fully saturated rings. The van der Waals surface area contributed by atoms with Crippen LogP contribution in [0.4, 0.5) is 17.1 Å². The summed E-state index contributed by atoms with van der Waals surface area (Å²) in [7, 11) is 0. The third kappa shape index (κ3) is 4.11. The number of benzene rings is 8. The second-order valence-corrected chi connectivity index (χ2v) is 14.7. The molecule has 9 aromatic rings. The maximum Gasteiger partial charge on any atom is 0.0543 e. The normalized spacial score (nSPS) is 13.3. The summed E-state index contributed by atoms with van der Waals surface area (Å²) in [6, 6.07) is 60.6. The number of anilines is 3. The number of fused-ring (bicyclic) bond motifs is 9. The Morgan fingerprint density at radius 1 is 0.408 bits per heavy atom. The van der Waals surface area contributed by atoms with Crippen molar-refractivity contribution in [2.24, 2.45) is 0 Å². The van der Waals surface area contributed by atoms with Crippen molar-refractivity contribution in [2.45, 2.75) is 19.3 Å². The maximum atomic E-state index is 2.55. The summed E-state index contributed by atoms with van der Waals surface area (Å²) in [5.41, 5.74) is 11.3. The van der Waals surface area contributed by atoms with E-state index in [2.05, 4.69) is 183 Å². The van der Waals surface area contributed by atoms with Crippen molar-refractivity contribution in [1.82, 2.24) is 0 Å². The molecule has 1 aliphatic carbocycles. The molecule has 0 atom stereocenters. The Balaban J connectivity index is 1.32. The molecule has 0 radical (unpaired) electrons. The highest BCUT2D eigenvalue weighted by Gasteiger charge is 2.38. The second-order valence-electron chi connectivity index (χ2n) is 13.7. The predicted molar refractivity (Wildman–Crippen MR) is 212 cm³/mol. The first-order valence-corrected chi connectivity index (χ1v) is 17.8. The summed E-state index contributed by atoms with van der Waals surface area (Å²) in [5, 5.41) is 7.69. The average molecular weight is 644 g/mol. The summed E-state index contributed by atoms with van der Waals surface area (Å²) in [6.07, 6.45) is 0. The van der Waals surface area contributed by atoms with E-state index in [0.717, 1.165) is 0 Å². The summed E-state index contributed by atoms with van der Waals surface area (Å²) in [5.74, 6) is 0. The first kappa shape index (κ1) is 28.3. The van der Waals surface area contributed by atoms with E-state index in [1.165, 1.54) is 92.2 Å². The lowest BCUT2D eigenvalue weighted by Gasteiger charge is -2.31. The van der Waals surface area contributed by atoms with Gasteiger partial charge in [0.05, 0.1) is 17.1 Å². The Labute approximate surface area is 290 Å². The van der Waals surface area contributed by atoms with Gasteiger partial charge in [0.25, 0.3) is 0 Å². The lowest BCUT2D eigenvalue weighted by Crippen LogP contribution is -2.16. The Bertz CT molecular complexity index is 2760. The van der Waals surface area contributed by atoms with Crippen molar-refractivity contribution in [3.8, 4) is 22.3 Å². The molecule has 0 bridgehead atoms. The average Bonchev–Trinajstić information content (AvgIpc) is 3.65. The first-order chi connectivity index (χ1) is 24.1. The van der Waals surface area contributed by atoms with E-state index < -0.39 is 0 Å². The van der Waals surface area contributed by atoms with E-state index in [1.807, 2.05) is 11.3 Å². The van der Waals surface area contributed by atoms with Crippen LogP contribution in [0.15, 0.2) is 164 Å². The molecule has 0 unspecified atom stereocenters. The topological polar surface area (TPSA) is 3.24 Å². The van der Waals surface area contributed by atoms with Crippen LogP contribution in [0, 0.1) is 0 Å². The molecule has 0 N–H and O–H groups in total. The number of hydrogen-bond acceptors (Lipinski definition) is 2. The van der Waals surface area contributed by atoms with E-state index in [9.17, 15) is 0 Å². The van der Waals surface area contributed by atoms with Gasteiger partial charge in [0, 0.05) is 47.5 Å². The standard InChI is InChI=1S/C47H33NS/c1-47(2)39-22-8-5-19-38(39)45-40(47)23-13-26-43(45)48(41-24-9-6-17-33(41)32-20-11-15-30-14-3-4-16-31(30)32)42-25-12-21-36-34(42)28-29-37-35-18-7-10-27-44(35)49-46(36)37/h3-29H,1-2H3. The zero-order chi connectivity index (χ0) is 32.7. The van der Waals surface area contributed by atoms with Gasteiger partial charge in [-0.1, -0.05) is 153 Å². The molecule has 0 aliphatic heterocycles. The molecule has 1 aliphatic rings. The van der Waals surface area contributed by atoms with Gasteiger partial charge in [0.2, 0.25) is 0 Å². The third-order valence-electron chi connectivity index (χ3n) is 10.7. The minimum atomic E-state index is -0.106. The molecule has 0 amide bonds. The quantitative estimate of drug-likeness (QED) is 0.184. The van der Waals surface area contributed by atoms with Gasteiger partial charge >= 0.3 is 0 Å². The van der Waals surface area contributed by atoms with E-state index in [4.69, 9.17) is 0 Å². The van der Waals surface area contributed by atoms with Crippen LogP contribution >= 0.6 is 11.3 Å². The molecule has 2 heteroatoms. The fourth-order valence-electron chi connectivity index (χ4n) is 8.39. The number of rotatable bonds is 4. The minimum Gasteiger partial charge on any atom is -0.309 e. The monoisotopic (exact) mass is 643 g/mol. The van der Waals surface area contributed by atoms with E-state index >= 15 is 0 Å². The fraction of sp³-hybridized carbons (Fsp3) is 0.0638. The second kappa shape index (κ2) is 10.7. The summed E-state index contributed by atoms with van der Waals surface area (Å²) in [4.78, 5) is 2.55. The van der Waals surface area contributed by atoms with Gasteiger partial charge in [0.1, 0.15) is 0 Å². The molecule has 0 spiro atoms. The zero-order valence-corrected chi connectivity index (χ0v) is 28.3. The Kier molecular flexibility index (Phi) is 6.16. The first-order valence-electron chi connectivity index (χ1n) is 17.0. The Morgan fingerprint density at radius 2 is 0.980 bits per heavy atom. The summed E-state index contributed by atoms with van der Waals surface area (Å²) in [6.45, 7) is 4.73. The lowest BCUT2D eigenvalue weighted by atomic mass is 9.82. The zero-order valence-electron chi connectivity index (χ0n) is 27.4. The molecular formula is C47H33NS. The molecule has 1 heterocycles. The van der Waals surface area contributed by atoms with Crippen molar-refractivity contribution < 1.29 is 0 Å². The van der Waals surface area contributed by atoms with Gasteiger partial charge in [-0.3, -0.25) is 0 Å². The molecular weight excluding hydrogens is 611 g/mol. The van der Waals surface area contributed by atoms with Crippen molar-refractivity contribution in [2.75, 3.05) is 4.90 Å². The van der Waals surface area contributed by atoms with E-state index in [1.54, 1.807) is 0 Å². The third-order valence-corrected chi connectivity index (χ3v) is 11.9. The van der Waals surface area contributed by atoms with Gasteiger partial charge < -0.3 is 4.90 Å². The molecule has 0 saturated heterocycles. The van der Waals surface area contributed by atoms with Gasteiger partial charge in [-0.2, -0.15) is 0 Å². The lowest BCUT2D eigenvalue weighted by molar-refractivity contribution is 0.660. The van der Waals surface area contributed by atoms with Crippen molar-refractivity contribution in [3.63, 3.8) is 0 Å². The number of nitrogens with zero attached hydrogens (tertiary/aromatic N) is 1. The van der Waals surface area contributed by atoms with Crippen molar-refractivity contribution in [1.29, 1.82) is 0 Å². The molecule has 1 aromatic heterocycles. The molecule has 232 valence electrons. The van der Waals surface area contributed by atoms with Crippen molar-refractivity contribution in [3.05, 3.63) is 175 Å². The van der Waals surface area contributed by atoms with E-state index in [0.29, 0.717) is 0 Å². The molecule has 10 rings (SSSR count). The molecule has 1 nitrogen and oxygen atoms in total. The van der Waals surface area contributed by atoms with Crippen LogP contribution in [-0.2, 0) is 5.41 Å². The maximum absolute atomic E-state index is 2.55. The van der Waals surface area contributed by atoms with Gasteiger partial charge in [0.15, 0.2) is 0 Å². The van der Waals surface area contributed by atoms with Gasteiger partial charge in [-0.15, -0.1) is 11.3 Å². The van der Waals surface area contributed by atoms with Crippen LogP contribution in [0.1, 0.15) is 25.0 Å². The smallest absolute Gasteiger partial charge is 0.0543 e. The number of hydrogen-bond donors (Lipinski definition) is 0. The number of thiophene rings is 1. The number of para-hydroxylation sites is 1. The van der Waals surface area contributed by atoms with Crippen LogP contribution in [0.3, 0.4) is 0 Å². The van der Waals surface area contributed by atoms with Crippen LogP contribution < -0.4 is 4.90 Å². The van der Waals surface area contributed by atoms with Gasteiger partial charge in [-0.25, -0.2) is 0 Å². The highest BCUT2D eigenvalue weighted by Crippen LogP contribution is 2.56. The fourth-order valence-corrected chi connectivity index (χ4v) is 9.62. The van der Waals surface area contributed by atoms with Crippen molar-refractivity contribution >= 4 is 70.1 Å². The minimum absolute atomic E-state index is 0.106. The molecule has 0 saturated carbocycles. The van der Waals surface area contributed by atoms with Gasteiger partial charge in [-0.05, 0) is 57.3 Å². The van der Waals surface area contributed by atoms with Crippen LogP contribution in [0.2, 0.25) is 0 Å². The van der Waals surface area contributed by atoms with Crippen LogP contribution in [0.25, 0.3) is 64.0 Å². The highest BCUT2D eigenvalue weighted by atomic mass is 32.1. The highest BCUT2D eigenvalue weighted by molar-refractivity contribution is 7.26. The predicted octanol–water partition coefficient (Wildman–Crippen LogP) is 13.8. The summed E-state index contributed by atoms with van der Waals surface area (Å²) < 4.78 is 2.67. The largest absolute Gasteiger partial charge is 0.309 e.